The Morgan fingerprint density at radius 2 is 1.59 bits per heavy atom. The first-order valence-corrected chi connectivity index (χ1v) is 8.62. The second-order valence-corrected chi connectivity index (χ2v) is 7.18. The Morgan fingerprint density at radius 1 is 1.00 bits per heavy atom. The second kappa shape index (κ2) is 6.40. The summed E-state index contributed by atoms with van der Waals surface area (Å²) in [5.74, 6) is 0.779. The number of aromatic hydroxyl groups is 1. The van der Waals surface area contributed by atoms with Crippen LogP contribution in [0.5, 0.6) is 11.5 Å². The van der Waals surface area contributed by atoms with E-state index in [1.807, 2.05) is 13.8 Å². The van der Waals surface area contributed by atoms with E-state index in [1.54, 1.807) is 25.1 Å². The van der Waals surface area contributed by atoms with Crippen molar-refractivity contribution in [3.8, 4) is 11.5 Å². The fourth-order valence-electron chi connectivity index (χ4n) is 2.09. The molecule has 2 aromatic carbocycles. The molecule has 0 aliphatic rings. The number of phenols is 1. The zero-order valence-corrected chi connectivity index (χ0v) is 13.8. The highest BCUT2D eigenvalue weighted by Crippen LogP contribution is 2.28. The van der Waals surface area contributed by atoms with Gasteiger partial charge in [0.05, 0.1) is 16.4 Å². The third-order valence-electron chi connectivity index (χ3n) is 3.40. The van der Waals surface area contributed by atoms with E-state index in [0.29, 0.717) is 17.9 Å². The van der Waals surface area contributed by atoms with E-state index in [4.69, 9.17) is 4.74 Å². The molecule has 2 rings (SSSR count). The molecule has 0 aliphatic carbocycles. The lowest BCUT2D eigenvalue weighted by molar-refractivity contribution is 0.315. The Morgan fingerprint density at radius 3 is 2.14 bits per heavy atom. The molecule has 0 amide bonds. The van der Waals surface area contributed by atoms with Crippen LogP contribution in [0.1, 0.15) is 24.5 Å². The molecule has 0 atom stereocenters. The van der Waals surface area contributed by atoms with Crippen LogP contribution < -0.4 is 4.74 Å². The Labute approximate surface area is 131 Å². The summed E-state index contributed by atoms with van der Waals surface area (Å²) in [7, 11) is -3.60. The van der Waals surface area contributed by atoms with Gasteiger partial charge in [-0.1, -0.05) is 6.92 Å². The van der Waals surface area contributed by atoms with Crippen molar-refractivity contribution in [2.75, 3.05) is 6.61 Å². The van der Waals surface area contributed by atoms with Crippen LogP contribution in [0.15, 0.2) is 46.2 Å². The van der Waals surface area contributed by atoms with Gasteiger partial charge in [0.15, 0.2) is 0 Å². The molecule has 0 aliphatic heterocycles. The van der Waals surface area contributed by atoms with Gasteiger partial charge < -0.3 is 9.84 Å². The monoisotopic (exact) mass is 320 g/mol. The summed E-state index contributed by atoms with van der Waals surface area (Å²) in [5, 5.41) is 9.53. The number of hydrogen-bond acceptors (Lipinski definition) is 4. The van der Waals surface area contributed by atoms with Gasteiger partial charge in [0, 0.05) is 0 Å². The smallest absolute Gasteiger partial charge is 0.206 e. The maximum atomic E-state index is 12.7. The van der Waals surface area contributed by atoms with Crippen LogP contribution in [0.4, 0.5) is 0 Å². The van der Waals surface area contributed by atoms with Crippen LogP contribution in [0, 0.1) is 13.8 Å². The zero-order valence-electron chi connectivity index (χ0n) is 13.0. The van der Waals surface area contributed by atoms with Crippen LogP contribution in [0.2, 0.25) is 0 Å². The summed E-state index contributed by atoms with van der Waals surface area (Å²) in [5.41, 5.74) is 1.31. The first-order valence-electron chi connectivity index (χ1n) is 7.14. The highest BCUT2D eigenvalue weighted by molar-refractivity contribution is 7.91. The minimum Gasteiger partial charge on any atom is -0.508 e. The fraction of sp³-hybridized carbons (Fsp3) is 0.294. The number of hydrogen-bond donors (Lipinski definition) is 1. The number of benzene rings is 2. The van der Waals surface area contributed by atoms with Crippen molar-refractivity contribution in [3.05, 3.63) is 47.5 Å². The number of rotatable bonds is 5. The minimum absolute atomic E-state index is 0.0819. The molecule has 22 heavy (non-hydrogen) atoms. The normalized spacial score (nSPS) is 11.4. The molecule has 0 aromatic heterocycles. The van der Waals surface area contributed by atoms with Gasteiger partial charge in [0.25, 0.3) is 0 Å². The largest absolute Gasteiger partial charge is 0.508 e. The van der Waals surface area contributed by atoms with Gasteiger partial charge in [0.1, 0.15) is 11.5 Å². The molecule has 118 valence electrons. The third kappa shape index (κ3) is 3.25. The van der Waals surface area contributed by atoms with Crippen molar-refractivity contribution in [2.45, 2.75) is 37.0 Å². The predicted molar refractivity (Wildman–Crippen MR) is 85.3 cm³/mol. The first-order chi connectivity index (χ1) is 10.4. The highest BCUT2D eigenvalue weighted by atomic mass is 32.2. The molecule has 4 nitrogen and oxygen atoms in total. The lowest BCUT2D eigenvalue weighted by Gasteiger charge is -2.11. The van der Waals surface area contributed by atoms with E-state index in [2.05, 4.69) is 0 Å². The molecular formula is C17H20O4S. The molecule has 0 saturated heterocycles. The van der Waals surface area contributed by atoms with Crippen molar-refractivity contribution in [2.24, 2.45) is 0 Å². The van der Waals surface area contributed by atoms with Gasteiger partial charge in [-0.05, 0) is 67.8 Å². The molecular weight excluding hydrogens is 300 g/mol. The molecule has 1 N–H and O–H groups in total. The summed E-state index contributed by atoms with van der Waals surface area (Å²) < 4.78 is 30.9. The topological polar surface area (TPSA) is 63.6 Å². The van der Waals surface area contributed by atoms with Crippen LogP contribution in [-0.4, -0.2) is 20.1 Å². The summed E-state index contributed by atoms with van der Waals surface area (Å²) in [6.07, 6.45) is 0.895. The van der Waals surface area contributed by atoms with E-state index in [1.165, 1.54) is 18.2 Å². The average Bonchev–Trinajstić information content (AvgIpc) is 2.48. The quantitative estimate of drug-likeness (QED) is 0.913. The minimum atomic E-state index is -3.60. The molecule has 0 fully saturated rings. The van der Waals surface area contributed by atoms with Crippen LogP contribution in [-0.2, 0) is 9.84 Å². The van der Waals surface area contributed by atoms with Crippen molar-refractivity contribution in [3.63, 3.8) is 0 Å². The summed E-state index contributed by atoms with van der Waals surface area (Å²) in [4.78, 5) is 0.392. The highest BCUT2D eigenvalue weighted by Gasteiger charge is 2.19. The number of aryl methyl sites for hydroxylation is 2. The van der Waals surface area contributed by atoms with Crippen molar-refractivity contribution in [1.82, 2.24) is 0 Å². The maximum absolute atomic E-state index is 12.7. The van der Waals surface area contributed by atoms with Crippen molar-refractivity contribution < 1.29 is 18.3 Å². The number of ether oxygens (including phenoxy) is 1. The van der Waals surface area contributed by atoms with Crippen molar-refractivity contribution in [1.29, 1.82) is 0 Å². The Bertz CT molecular complexity index is 779. The molecule has 0 bridgehead atoms. The van der Waals surface area contributed by atoms with Gasteiger partial charge in [-0.15, -0.1) is 0 Å². The summed E-state index contributed by atoms with van der Waals surface area (Å²) in [6, 6.07) is 9.13. The molecule has 0 unspecified atom stereocenters. The van der Waals surface area contributed by atoms with Gasteiger partial charge >= 0.3 is 0 Å². The number of phenolic OH excluding ortho intramolecular Hbond substituents is 1. The fourth-order valence-corrected chi connectivity index (χ4v) is 3.52. The first kappa shape index (κ1) is 16.4. The van der Waals surface area contributed by atoms with E-state index in [-0.39, 0.29) is 15.5 Å². The van der Waals surface area contributed by atoms with Gasteiger partial charge in [-0.2, -0.15) is 0 Å². The lowest BCUT2D eigenvalue weighted by atomic mass is 10.2. The van der Waals surface area contributed by atoms with Crippen molar-refractivity contribution >= 4 is 9.84 Å². The Kier molecular flexibility index (Phi) is 4.76. The lowest BCUT2D eigenvalue weighted by Crippen LogP contribution is -2.04. The maximum Gasteiger partial charge on any atom is 0.206 e. The van der Waals surface area contributed by atoms with Gasteiger partial charge in [-0.25, -0.2) is 8.42 Å². The Hall–Kier alpha value is -2.01. The molecule has 0 saturated carbocycles. The zero-order chi connectivity index (χ0) is 16.3. The summed E-state index contributed by atoms with van der Waals surface area (Å²) >= 11 is 0. The third-order valence-corrected chi connectivity index (χ3v) is 5.15. The SMILES string of the molecule is CCCOc1ccc(S(=O)(=O)c2ccc(O)c(C)c2)cc1C. The second-order valence-electron chi connectivity index (χ2n) is 5.23. The van der Waals surface area contributed by atoms with Crippen LogP contribution in [0.3, 0.4) is 0 Å². The molecule has 2 aromatic rings. The standard InChI is InChI=1S/C17H20O4S/c1-4-9-21-17-8-6-15(11-13(17)3)22(19,20)14-5-7-16(18)12(2)10-14/h5-8,10-11,18H,4,9H2,1-3H3. The Balaban J connectivity index is 2.41. The average molecular weight is 320 g/mol. The molecule has 0 heterocycles. The van der Waals surface area contributed by atoms with E-state index < -0.39 is 9.84 Å². The van der Waals surface area contributed by atoms with E-state index >= 15 is 0 Å². The van der Waals surface area contributed by atoms with Gasteiger partial charge in [0.2, 0.25) is 9.84 Å². The van der Waals surface area contributed by atoms with E-state index in [9.17, 15) is 13.5 Å². The van der Waals surface area contributed by atoms with Gasteiger partial charge in [-0.3, -0.25) is 0 Å². The van der Waals surface area contributed by atoms with Crippen LogP contribution >= 0.6 is 0 Å². The van der Waals surface area contributed by atoms with E-state index in [0.717, 1.165) is 12.0 Å². The molecule has 0 spiro atoms. The molecule has 0 radical (unpaired) electrons. The molecule has 5 heteroatoms. The summed E-state index contributed by atoms with van der Waals surface area (Å²) in [6.45, 7) is 6.11. The predicted octanol–water partition coefficient (Wildman–Crippen LogP) is 3.63. The number of sulfone groups is 1. The van der Waals surface area contributed by atoms with Crippen LogP contribution in [0.25, 0.3) is 0 Å².